The summed E-state index contributed by atoms with van der Waals surface area (Å²) in [7, 11) is 3.45. The van der Waals surface area contributed by atoms with E-state index >= 15 is 0 Å². The van der Waals surface area contributed by atoms with E-state index < -0.39 is 0 Å². The van der Waals surface area contributed by atoms with Crippen LogP contribution in [-0.2, 0) is 13.0 Å². The summed E-state index contributed by atoms with van der Waals surface area (Å²) in [4.78, 5) is 4.26. The first-order chi connectivity index (χ1) is 12.6. The minimum Gasteiger partial charge on any atom is -0.497 e. The molecule has 0 aliphatic heterocycles. The minimum absolute atomic E-state index is 0.197. The molecule has 0 saturated carbocycles. The van der Waals surface area contributed by atoms with E-state index in [1.807, 2.05) is 50.2 Å². The number of methoxy groups -OCH3 is 1. The summed E-state index contributed by atoms with van der Waals surface area (Å²) in [6.07, 6.45) is 1.12. The number of aliphatic imine (C=N–C) groups is 1. The van der Waals surface area contributed by atoms with Crippen LogP contribution in [0.15, 0.2) is 53.5 Å². The van der Waals surface area contributed by atoms with E-state index in [-0.39, 0.29) is 6.10 Å². The lowest BCUT2D eigenvalue weighted by molar-refractivity contribution is 0.242. The van der Waals surface area contributed by atoms with Gasteiger partial charge in [0.05, 0.1) is 13.2 Å². The highest BCUT2D eigenvalue weighted by molar-refractivity contribution is 5.79. The summed E-state index contributed by atoms with van der Waals surface area (Å²) in [5.74, 6) is 2.57. The van der Waals surface area contributed by atoms with Crippen LogP contribution in [0.25, 0.3) is 0 Å². The molecule has 0 amide bonds. The fourth-order valence-electron chi connectivity index (χ4n) is 2.48. The molecule has 5 heteroatoms. The van der Waals surface area contributed by atoms with E-state index in [0.29, 0.717) is 6.54 Å². The van der Waals surface area contributed by atoms with Gasteiger partial charge in [-0.05, 0) is 55.7 Å². The normalized spacial score (nSPS) is 11.3. The predicted octanol–water partition coefficient (Wildman–Crippen LogP) is 3.39. The van der Waals surface area contributed by atoms with Gasteiger partial charge in [0.15, 0.2) is 5.96 Å². The summed E-state index contributed by atoms with van der Waals surface area (Å²) < 4.78 is 10.8. The Balaban J connectivity index is 1.74. The van der Waals surface area contributed by atoms with Crippen molar-refractivity contribution in [1.82, 2.24) is 10.6 Å². The summed E-state index contributed by atoms with van der Waals surface area (Å²) in [6.45, 7) is 5.59. The molecule has 0 fully saturated rings. The van der Waals surface area contributed by atoms with Crippen LogP contribution in [0.3, 0.4) is 0 Å². The number of hydrogen-bond acceptors (Lipinski definition) is 3. The van der Waals surface area contributed by atoms with Gasteiger partial charge < -0.3 is 20.1 Å². The van der Waals surface area contributed by atoms with Crippen LogP contribution in [0, 0.1) is 0 Å². The second-order valence-corrected chi connectivity index (χ2v) is 6.26. The molecule has 140 valence electrons. The highest BCUT2D eigenvalue weighted by Gasteiger charge is 2.01. The van der Waals surface area contributed by atoms with Crippen LogP contribution in [0.4, 0.5) is 0 Å². The second kappa shape index (κ2) is 10.3. The Morgan fingerprint density at radius 3 is 2.12 bits per heavy atom. The standard InChI is InChI=1S/C21H29N3O2/c1-16(2)26-20-11-5-17(6-12-20)13-14-23-21(22-3)24-15-18-7-9-19(25-4)10-8-18/h5-12,16H,13-15H2,1-4H3,(H2,22,23,24). The van der Waals surface area contributed by atoms with E-state index in [9.17, 15) is 0 Å². The molecule has 0 heterocycles. The molecule has 0 spiro atoms. The minimum atomic E-state index is 0.197. The zero-order valence-electron chi connectivity index (χ0n) is 16.1. The summed E-state index contributed by atoms with van der Waals surface area (Å²) in [5, 5.41) is 6.66. The largest absolute Gasteiger partial charge is 0.497 e. The van der Waals surface area contributed by atoms with Gasteiger partial charge in [0.25, 0.3) is 0 Å². The van der Waals surface area contributed by atoms with Crippen molar-refractivity contribution in [2.24, 2.45) is 4.99 Å². The number of nitrogens with zero attached hydrogens (tertiary/aromatic N) is 1. The van der Waals surface area contributed by atoms with Crippen LogP contribution in [0.1, 0.15) is 25.0 Å². The number of hydrogen-bond donors (Lipinski definition) is 2. The molecule has 0 aromatic heterocycles. The molecule has 0 aliphatic rings. The highest BCUT2D eigenvalue weighted by Crippen LogP contribution is 2.14. The number of ether oxygens (including phenoxy) is 2. The topological polar surface area (TPSA) is 54.9 Å². The van der Waals surface area contributed by atoms with Gasteiger partial charge in [-0.3, -0.25) is 4.99 Å². The molecule has 0 unspecified atom stereocenters. The van der Waals surface area contributed by atoms with Crippen molar-refractivity contribution in [3.05, 3.63) is 59.7 Å². The number of benzene rings is 2. The third-order valence-electron chi connectivity index (χ3n) is 3.84. The number of guanidine groups is 1. The first-order valence-corrected chi connectivity index (χ1v) is 8.93. The van der Waals surface area contributed by atoms with Gasteiger partial charge in [0.1, 0.15) is 11.5 Å². The summed E-state index contributed by atoms with van der Waals surface area (Å²) in [6, 6.07) is 16.2. The van der Waals surface area contributed by atoms with Gasteiger partial charge in [-0.2, -0.15) is 0 Å². The molecule has 26 heavy (non-hydrogen) atoms. The molecular formula is C21H29N3O2. The lowest BCUT2D eigenvalue weighted by Crippen LogP contribution is -2.37. The number of rotatable bonds is 8. The molecule has 2 rings (SSSR count). The van der Waals surface area contributed by atoms with Crippen LogP contribution in [0.5, 0.6) is 11.5 Å². The Morgan fingerprint density at radius 1 is 0.923 bits per heavy atom. The van der Waals surface area contributed by atoms with Crippen molar-refractivity contribution >= 4 is 5.96 Å². The zero-order valence-corrected chi connectivity index (χ0v) is 16.1. The average molecular weight is 355 g/mol. The first-order valence-electron chi connectivity index (χ1n) is 8.93. The fourth-order valence-corrected chi connectivity index (χ4v) is 2.48. The molecule has 0 atom stereocenters. The van der Waals surface area contributed by atoms with Crippen LogP contribution >= 0.6 is 0 Å². The van der Waals surface area contributed by atoms with Crippen molar-refractivity contribution in [1.29, 1.82) is 0 Å². The van der Waals surface area contributed by atoms with Crippen LogP contribution in [-0.4, -0.2) is 32.8 Å². The van der Waals surface area contributed by atoms with E-state index in [0.717, 1.165) is 30.4 Å². The molecule has 2 aromatic carbocycles. The highest BCUT2D eigenvalue weighted by atomic mass is 16.5. The van der Waals surface area contributed by atoms with Crippen molar-refractivity contribution in [2.75, 3.05) is 20.7 Å². The third kappa shape index (κ3) is 6.67. The third-order valence-corrected chi connectivity index (χ3v) is 3.84. The van der Waals surface area contributed by atoms with Crippen molar-refractivity contribution in [2.45, 2.75) is 32.9 Å². The molecule has 2 aromatic rings. The Labute approximate surface area is 156 Å². The maximum Gasteiger partial charge on any atom is 0.191 e. The fraction of sp³-hybridized carbons (Fsp3) is 0.381. The van der Waals surface area contributed by atoms with E-state index in [2.05, 4.69) is 27.8 Å². The Morgan fingerprint density at radius 2 is 1.54 bits per heavy atom. The van der Waals surface area contributed by atoms with Gasteiger partial charge in [-0.1, -0.05) is 24.3 Å². The Bertz CT molecular complexity index is 679. The summed E-state index contributed by atoms with van der Waals surface area (Å²) in [5.41, 5.74) is 2.44. The van der Waals surface area contributed by atoms with E-state index in [1.165, 1.54) is 11.1 Å². The van der Waals surface area contributed by atoms with Gasteiger partial charge in [-0.25, -0.2) is 0 Å². The van der Waals surface area contributed by atoms with Gasteiger partial charge in [-0.15, -0.1) is 0 Å². The molecule has 0 aliphatic carbocycles. The smallest absolute Gasteiger partial charge is 0.191 e. The van der Waals surface area contributed by atoms with Crippen molar-refractivity contribution < 1.29 is 9.47 Å². The quantitative estimate of drug-likeness (QED) is 0.563. The summed E-state index contributed by atoms with van der Waals surface area (Å²) >= 11 is 0. The Hall–Kier alpha value is -2.69. The molecule has 0 bridgehead atoms. The van der Waals surface area contributed by atoms with E-state index in [1.54, 1.807) is 14.2 Å². The van der Waals surface area contributed by atoms with Gasteiger partial charge in [0, 0.05) is 20.1 Å². The molecule has 0 radical (unpaired) electrons. The molecular weight excluding hydrogens is 326 g/mol. The van der Waals surface area contributed by atoms with Crippen LogP contribution < -0.4 is 20.1 Å². The lowest BCUT2D eigenvalue weighted by atomic mass is 10.1. The lowest BCUT2D eigenvalue weighted by Gasteiger charge is -2.13. The average Bonchev–Trinajstić information content (AvgIpc) is 2.66. The molecule has 5 nitrogen and oxygen atoms in total. The maximum atomic E-state index is 5.67. The van der Waals surface area contributed by atoms with E-state index in [4.69, 9.17) is 9.47 Å². The van der Waals surface area contributed by atoms with Gasteiger partial charge in [0.2, 0.25) is 0 Å². The monoisotopic (exact) mass is 355 g/mol. The van der Waals surface area contributed by atoms with Gasteiger partial charge >= 0.3 is 0 Å². The van der Waals surface area contributed by atoms with Crippen molar-refractivity contribution in [3.63, 3.8) is 0 Å². The molecule has 2 N–H and O–H groups in total. The predicted molar refractivity (Wildman–Crippen MR) is 107 cm³/mol. The molecule has 0 saturated heterocycles. The Kier molecular flexibility index (Phi) is 7.80. The SMILES string of the molecule is CN=C(NCCc1ccc(OC(C)C)cc1)NCc1ccc(OC)cc1. The number of nitrogens with one attached hydrogen (secondary N) is 2. The van der Waals surface area contributed by atoms with Crippen LogP contribution in [0.2, 0.25) is 0 Å². The first kappa shape index (κ1) is 19.6. The zero-order chi connectivity index (χ0) is 18.8. The van der Waals surface area contributed by atoms with Crippen molar-refractivity contribution in [3.8, 4) is 11.5 Å². The second-order valence-electron chi connectivity index (χ2n) is 6.26. The maximum absolute atomic E-state index is 5.67.